The molecular weight excluding hydrogens is 430 g/mol. The van der Waals surface area contributed by atoms with Gasteiger partial charge in [0.15, 0.2) is 0 Å². The fourth-order valence-corrected chi connectivity index (χ4v) is 4.28. The number of phenolic OH excluding ortho intramolecular Hbond substituents is 1. The average Bonchev–Trinajstić information content (AvgIpc) is 3.05. The topological polar surface area (TPSA) is 87.1 Å². The molecule has 1 fully saturated rings. The molecule has 4 rings (SSSR count). The number of rotatable bonds is 5. The minimum Gasteiger partial charge on any atom is -0.507 e. The summed E-state index contributed by atoms with van der Waals surface area (Å²) < 4.78 is 5.78. The Labute approximate surface area is 198 Å². The van der Waals surface area contributed by atoms with Crippen LogP contribution >= 0.6 is 0 Å². The summed E-state index contributed by atoms with van der Waals surface area (Å²) in [5, 5.41) is 21.8. The smallest absolute Gasteiger partial charge is 0.300 e. The van der Waals surface area contributed by atoms with E-state index >= 15 is 0 Å². The first-order chi connectivity index (χ1) is 16.2. The molecule has 6 heteroatoms. The third kappa shape index (κ3) is 4.03. The van der Waals surface area contributed by atoms with Crippen LogP contribution in [0.2, 0.25) is 0 Å². The van der Waals surface area contributed by atoms with Crippen LogP contribution in [-0.4, -0.2) is 28.0 Å². The molecule has 2 N–H and O–H groups in total. The summed E-state index contributed by atoms with van der Waals surface area (Å²) in [5.41, 5.74) is 2.90. The number of hydrogen-bond acceptors (Lipinski definition) is 5. The number of amides is 1. The molecule has 3 aromatic carbocycles. The van der Waals surface area contributed by atoms with Crippen LogP contribution in [0.25, 0.3) is 5.76 Å². The van der Waals surface area contributed by atoms with Crippen molar-refractivity contribution >= 4 is 23.1 Å². The van der Waals surface area contributed by atoms with E-state index in [0.29, 0.717) is 16.9 Å². The van der Waals surface area contributed by atoms with Crippen LogP contribution in [0.3, 0.4) is 0 Å². The first-order valence-electron chi connectivity index (χ1n) is 11.1. The Morgan fingerprint density at radius 2 is 1.62 bits per heavy atom. The molecule has 1 heterocycles. The van der Waals surface area contributed by atoms with Crippen LogP contribution < -0.4 is 9.64 Å². The Morgan fingerprint density at radius 3 is 2.26 bits per heavy atom. The number of para-hydroxylation sites is 2. The van der Waals surface area contributed by atoms with Crippen LogP contribution in [0.5, 0.6) is 11.5 Å². The molecule has 174 valence electrons. The molecule has 1 aliphatic heterocycles. The van der Waals surface area contributed by atoms with Crippen LogP contribution in [0, 0.1) is 13.8 Å². The van der Waals surface area contributed by atoms with E-state index in [1.54, 1.807) is 36.4 Å². The molecule has 6 nitrogen and oxygen atoms in total. The van der Waals surface area contributed by atoms with Gasteiger partial charge in [-0.15, -0.1) is 0 Å². The first kappa shape index (κ1) is 23.1. The largest absolute Gasteiger partial charge is 0.507 e. The van der Waals surface area contributed by atoms with Crippen LogP contribution in [0.1, 0.15) is 42.1 Å². The van der Waals surface area contributed by atoms with Crippen molar-refractivity contribution < 1.29 is 24.5 Å². The van der Waals surface area contributed by atoms with Crippen LogP contribution in [0.4, 0.5) is 5.69 Å². The van der Waals surface area contributed by atoms with Gasteiger partial charge in [0.2, 0.25) is 0 Å². The number of carbonyl (C=O) groups is 2. The van der Waals surface area contributed by atoms with Gasteiger partial charge < -0.3 is 14.9 Å². The predicted octanol–water partition coefficient (Wildman–Crippen LogP) is 5.42. The normalized spacial score (nSPS) is 17.4. The minimum atomic E-state index is -0.901. The maximum atomic E-state index is 13.3. The van der Waals surface area contributed by atoms with Gasteiger partial charge in [0.1, 0.15) is 17.3 Å². The number of aromatic hydroxyl groups is 1. The Morgan fingerprint density at radius 1 is 0.941 bits per heavy atom. The molecule has 3 aromatic rings. The summed E-state index contributed by atoms with van der Waals surface area (Å²) in [5.74, 6) is -1.35. The van der Waals surface area contributed by atoms with E-state index in [2.05, 4.69) is 0 Å². The summed E-state index contributed by atoms with van der Waals surface area (Å²) in [6, 6.07) is 18.0. The number of ketones is 1. The molecule has 0 aromatic heterocycles. The van der Waals surface area contributed by atoms with Gasteiger partial charge in [-0.25, -0.2) is 0 Å². The van der Waals surface area contributed by atoms with Gasteiger partial charge in [-0.2, -0.15) is 0 Å². The van der Waals surface area contributed by atoms with Crippen molar-refractivity contribution in [3.05, 3.63) is 94.6 Å². The number of aliphatic hydroxyl groups is 1. The van der Waals surface area contributed by atoms with Crippen molar-refractivity contribution in [3.63, 3.8) is 0 Å². The maximum absolute atomic E-state index is 13.3. The second-order valence-corrected chi connectivity index (χ2v) is 8.66. The lowest BCUT2D eigenvalue weighted by atomic mass is 9.92. The summed E-state index contributed by atoms with van der Waals surface area (Å²) in [7, 11) is 0. The zero-order valence-corrected chi connectivity index (χ0v) is 19.6. The van der Waals surface area contributed by atoms with E-state index in [9.17, 15) is 19.8 Å². The molecule has 0 spiro atoms. The minimum absolute atomic E-state index is 0.0110. The van der Waals surface area contributed by atoms with Crippen molar-refractivity contribution in [3.8, 4) is 11.5 Å². The summed E-state index contributed by atoms with van der Waals surface area (Å²) in [4.78, 5) is 27.8. The van der Waals surface area contributed by atoms with Crippen molar-refractivity contribution in [2.75, 3.05) is 4.90 Å². The molecule has 1 amide bonds. The van der Waals surface area contributed by atoms with Crippen LogP contribution in [0.15, 0.2) is 72.3 Å². The molecule has 1 aliphatic rings. The molecule has 1 saturated heterocycles. The summed E-state index contributed by atoms with van der Waals surface area (Å²) in [6.45, 7) is 7.59. The quantitative estimate of drug-likeness (QED) is 0.303. The zero-order valence-electron chi connectivity index (χ0n) is 19.6. The van der Waals surface area contributed by atoms with Gasteiger partial charge in [0, 0.05) is 5.56 Å². The standard InChI is InChI=1S/C28H27NO5/c1-16(2)34-23-14-13-19(15-18(23)4)26(31)24-25(20-10-6-5-9-17(20)3)29(28(33)27(24)32)21-11-7-8-12-22(21)30/h5-16,25,30-31H,1-4H3/b26-24+. The van der Waals surface area contributed by atoms with Gasteiger partial charge in [-0.1, -0.05) is 36.4 Å². The SMILES string of the molecule is Cc1cc(/C(O)=C2\C(=O)C(=O)N(c3ccccc3O)C2c2ccccc2C)ccc1OC(C)C. The Bertz CT molecular complexity index is 1310. The lowest BCUT2D eigenvalue weighted by Gasteiger charge is -2.27. The van der Waals surface area contributed by atoms with Crippen molar-refractivity contribution in [1.82, 2.24) is 0 Å². The lowest BCUT2D eigenvalue weighted by molar-refractivity contribution is -0.132. The van der Waals surface area contributed by atoms with Gasteiger partial charge >= 0.3 is 0 Å². The highest BCUT2D eigenvalue weighted by molar-refractivity contribution is 6.52. The average molecular weight is 458 g/mol. The molecule has 34 heavy (non-hydrogen) atoms. The van der Waals surface area contributed by atoms with Crippen LogP contribution in [-0.2, 0) is 9.59 Å². The van der Waals surface area contributed by atoms with Gasteiger partial charge in [0.25, 0.3) is 11.7 Å². The summed E-state index contributed by atoms with van der Waals surface area (Å²) >= 11 is 0. The number of phenols is 1. The van der Waals surface area contributed by atoms with E-state index < -0.39 is 17.7 Å². The molecule has 1 unspecified atom stereocenters. The van der Waals surface area contributed by atoms with E-state index in [1.807, 2.05) is 52.0 Å². The number of benzene rings is 3. The molecule has 0 aliphatic carbocycles. The molecule has 0 bridgehead atoms. The number of aliphatic hydroxyl groups excluding tert-OH is 1. The van der Waals surface area contributed by atoms with Crippen molar-refractivity contribution in [2.45, 2.75) is 39.8 Å². The second-order valence-electron chi connectivity index (χ2n) is 8.66. The highest BCUT2D eigenvalue weighted by Gasteiger charge is 2.48. The number of Topliss-reactive ketones (excluding diaryl/α,β-unsaturated/α-hetero) is 1. The molecular formula is C28H27NO5. The number of anilines is 1. The van der Waals surface area contributed by atoms with Crippen molar-refractivity contribution in [2.24, 2.45) is 0 Å². The third-order valence-corrected chi connectivity index (χ3v) is 5.88. The van der Waals surface area contributed by atoms with Gasteiger partial charge in [0.05, 0.1) is 23.4 Å². The summed E-state index contributed by atoms with van der Waals surface area (Å²) in [6.07, 6.45) is -0.0110. The van der Waals surface area contributed by atoms with E-state index in [-0.39, 0.29) is 28.9 Å². The number of carbonyl (C=O) groups excluding carboxylic acids is 2. The fourth-order valence-electron chi connectivity index (χ4n) is 4.28. The molecule has 1 atom stereocenters. The lowest BCUT2D eigenvalue weighted by Crippen LogP contribution is -2.29. The van der Waals surface area contributed by atoms with E-state index in [0.717, 1.165) is 11.1 Å². The molecule has 0 saturated carbocycles. The van der Waals surface area contributed by atoms with E-state index in [1.165, 1.54) is 11.0 Å². The second kappa shape index (κ2) is 9.06. The Balaban J connectivity index is 1.93. The number of ether oxygens (including phenoxy) is 1. The predicted molar refractivity (Wildman–Crippen MR) is 131 cm³/mol. The molecule has 0 radical (unpaired) electrons. The fraction of sp³-hybridized carbons (Fsp3) is 0.214. The van der Waals surface area contributed by atoms with Gasteiger partial charge in [-0.05, 0) is 74.7 Å². The first-order valence-corrected chi connectivity index (χ1v) is 11.1. The Hall–Kier alpha value is -4.06. The number of aryl methyl sites for hydroxylation is 2. The maximum Gasteiger partial charge on any atom is 0.300 e. The monoisotopic (exact) mass is 457 g/mol. The van der Waals surface area contributed by atoms with Gasteiger partial charge in [-0.3, -0.25) is 14.5 Å². The zero-order chi connectivity index (χ0) is 24.6. The Kier molecular flexibility index (Phi) is 6.16. The number of hydrogen-bond donors (Lipinski definition) is 2. The number of nitrogens with zero attached hydrogens (tertiary/aromatic N) is 1. The highest BCUT2D eigenvalue weighted by Crippen LogP contribution is 2.45. The van der Waals surface area contributed by atoms with Crippen molar-refractivity contribution in [1.29, 1.82) is 0 Å². The third-order valence-electron chi connectivity index (χ3n) is 5.88. The van der Waals surface area contributed by atoms with E-state index in [4.69, 9.17) is 4.74 Å². The highest BCUT2D eigenvalue weighted by atomic mass is 16.5.